The Kier molecular flexibility index (Phi) is 5.09. The Hall–Kier alpha value is -3.56. The average molecular weight is 383 g/mol. The van der Waals surface area contributed by atoms with Crippen molar-refractivity contribution in [3.63, 3.8) is 0 Å². The van der Waals surface area contributed by atoms with Crippen LogP contribution < -0.4 is 9.64 Å². The highest BCUT2D eigenvalue weighted by atomic mass is 19.1. The lowest BCUT2D eigenvalue weighted by atomic mass is 10.3. The molecule has 0 bridgehead atoms. The van der Waals surface area contributed by atoms with Gasteiger partial charge in [0.1, 0.15) is 24.8 Å². The molecule has 28 heavy (non-hydrogen) atoms. The summed E-state index contributed by atoms with van der Waals surface area (Å²) in [5, 5.41) is 4.06. The molecule has 0 atom stereocenters. The van der Waals surface area contributed by atoms with Crippen LogP contribution in [0.4, 0.5) is 10.2 Å². The molecule has 0 N–H and O–H groups in total. The number of hydrogen-bond donors (Lipinski definition) is 0. The van der Waals surface area contributed by atoms with Crippen molar-refractivity contribution in [2.45, 2.75) is 0 Å². The molecule has 1 fully saturated rings. The van der Waals surface area contributed by atoms with Crippen LogP contribution >= 0.6 is 0 Å². The highest BCUT2D eigenvalue weighted by Crippen LogP contribution is 2.17. The lowest BCUT2D eigenvalue weighted by Crippen LogP contribution is -2.50. The van der Waals surface area contributed by atoms with E-state index in [4.69, 9.17) is 4.74 Å². The Labute approximate surface area is 160 Å². The highest BCUT2D eigenvalue weighted by Gasteiger charge is 2.23. The van der Waals surface area contributed by atoms with E-state index in [2.05, 4.69) is 25.0 Å². The minimum absolute atomic E-state index is 0.0797. The fourth-order valence-corrected chi connectivity index (χ4v) is 2.94. The Morgan fingerprint density at radius 2 is 1.86 bits per heavy atom. The Morgan fingerprint density at radius 1 is 1.07 bits per heavy atom. The van der Waals surface area contributed by atoms with Gasteiger partial charge >= 0.3 is 0 Å². The molecule has 1 aliphatic heterocycles. The zero-order valence-corrected chi connectivity index (χ0v) is 15.0. The summed E-state index contributed by atoms with van der Waals surface area (Å²) in [6, 6.07) is 7.87. The van der Waals surface area contributed by atoms with Crippen LogP contribution in [0.5, 0.6) is 5.75 Å². The quantitative estimate of drug-likeness (QED) is 0.647. The first-order valence-electron chi connectivity index (χ1n) is 8.78. The van der Waals surface area contributed by atoms with Crippen LogP contribution in [0.25, 0.3) is 5.82 Å². The van der Waals surface area contributed by atoms with Crippen LogP contribution in [0.15, 0.2) is 49.3 Å². The van der Waals surface area contributed by atoms with E-state index in [0.717, 1.165) is 5.82 Å². The summed E-state index contributed by atoms with van der Waals surface area (Å²) in [5.41, 5.74) is 0. The summed E-state index contributed by atoms with van der Waals surface area (Å²) in [4.78, 5) is 28.5. The minimum atomic E-state index is -0.480. The molecule has 0 unspecified atom stereocenters. The molecule has 3 heterocycles. The second kappa shape index (κ2) is 7.99. The molecule has 0 radical (unpaired) electrons. The molecule has 1 amide bonds. The molecule has 1 aliphatic rings. The molecule has 1 aromatic carbocycles. The van der Waals surface area contributed by atoms with Gasteiger partial charge in [-0.25, -0.2) is 24.0 Å². The maximum atomic E-state index is 13.6. The van der Waals surface area contributed by atoms with Crippen LogP contribution in [0, 0.1) is 5.82 Å². The fraction of sp³-hybridized carbons (Fsp3) is 0.278. The largest absolute Gasteiger partial charge is 0.481 e. The van der Waals surface area contributed by atoms with E-state index in [-0.39, 0.29) is 18.3 Å². The molecular weight excluding hydrogens is 365 g/mol. The van der Waals surface area contributed by atoms with Gasteiger partial charge in [-0.15, -0.1) is 0 Å². The van der Waals surface area contributed by atoms with Gasteiger partial charge in [0.15, 0.2) is 24.0 Å². The molecule has 2 aromatic heterocycles. The number of carbonyl (C=O) groups excluding carboxylic acids is 1. The van der Waals surface area contributed by atoms with Gasteiger partial charge in [0.25, 0.3) is 5.91 Å². The molecule has 9 nitrogen and oxygen atoms in total. The van der Waals surface area contributed by atoms with Crippen molar-refractivity contribution in [3.05, 3.63) is 55.1 Å². The third-order valence-corrected chi connectivity index (χ3v) is 4.44. The number of ether oxygens (including phenoxy) is 1. The zero-order valence-electron chi connectivity index (χ0n) is 15.0. The van der Waals surface area contributed by atoms with Gasteiger partial charge in [-0.05, 0) is 12.1 Å². The van der Waals surface area contributed by atoms with Gasteiger partial charge in [-0.2, -0.15) is 5.10 Å². The van der Waals surface area contributed by atoms with Crippen LogP contribution in [0.2, 0.25) is 0 Å². The van der Waals surface area contributed by atoms with E-state index in [1.807, 2.05) is 6.07 Å². The molecule has 144 valence electrons. The summed E-state index contributed by atoms with van der Waals surface area (Å²) < 4.78 is 20.4. The van der Waals surface area contributed by atoms with Crippen LogP contribution in [0.1, 0.15) is 0 Å². The third-order valence-electron chi connectivity index (χ3n) is 4.44. The number of nitrogens with zero attached hydrogens (tertiary/aromatic N) is 7. The number of piperazine rings is 1. The van der Waals surface area contributed by atoms with Gasteiger partial charge in [-0.3, -0.25) is 4.79 Å². The first kappa shape index (κ1) is 17.8. The van der Waals surface area contributed by atoms with Gasteiger partial charge in [-0.1, -0.05) is 12.1 Å². The lowest BCUT2D eigenvalue weighted by Gasteiger charge is -2.35. The molecule has 0 aliphatic carbocycles. The molecule has 1 saturated heterocycles. The minimum Gasteiger partial charge on any atom is -0.481 e. The van der Waals surface area contributed by atoms with Gasteiger partial charge in [0.05, 0.1) is 0 Å². The standard InChI is InChI=1S/C18H18FN7O2/c19-14-3-1-2-4-15(14)28-10-18(27)25-7-5-24(6-8-25)16-9-17(22-12-21-16)26-13-20-11-23-26/h1-4,9,11-13H,5-8,10H2. The third kappa shape index (κ3) is 3.90. The number of anilines is 1. The van der Waals surface area contributed by atoms with E-state index in [1.54, 1.807) is 28.0 Å². The summed E-state index contributed by atoms with van der Waals surface area (Å²) in [6.07, 6.45) is 4.49. The second-order valence-corrected chi connectivity index (χ2v) is 6.16. The fourth-order valence-electron chi connectivity index (χ4n) is 2.94. The predicted octanol–water partition coefficient (Wildman–Crippen LogP) is 0.924. The van der Waals surface area contributed by atoms with Crippen molar-refractivity contribution in [1.29, 1.82) is 0 Å². The predicted molar refractivity (Wildman–Crippen MR) is 97.6 cm³/mol. The topological polar surface area (TPSA) is 89.3 Å². The van der Waals surface area contributed by atoms with Crippen molar-refractivity contribution < 1.29 is 13.9 Å². The van der Waals surface area contributed by atoms with E-state index < -0.39 is 5.82 Å². The molecule has 4 rings (SSSR count). The van der Waals surface area contributed by atoms with Crippen molar-refractivity contribution >= 4 is 11.7 Å². The average Bonchev–Trinajstić information content (AvgIpc) is 3.28. The molecule has 0 saturated carbocycles. The van der Waals surface area contributed by atoms with Gasteiger partial charge in [0.2, 0.25) is 0 Å². The van der Waals surface area contributed by atoms with E-state index in [9.17, 15) is 9.18 Å². The van der Waals surface area contributed by atoms with Crippen molar-refractivity contribution in [2.24, 2.45) is 0 Å². The van der Waals surface area contributed by atoms with E-state index in [1.165, 1.54) is 24.8 Å². The van der Waals surface area contributed by atoms with Gasteiger partial charge in [0, 0.05) is 32.2 Å². The molecule has 3 aromatic rings. The number of benzene rings is 1. The summed E-state index contributed by atoms with van der Waals surface area (Å²) >= 11 is 0. The first-order chi connectivity index (χ1) is 13.7. The monoisotopic (exact) mass is 383 g/mol. The number of para-hydroxylation sites is 1. The van der Waals surface area contributed by atoms with Crippen LogP contribution in [-0.4, -0.2) is 68.3 Å². The SMILES string of the molecule is O=C(COc1ccccc1F)N1CCN(c2cc(-n3cncn3)ncn2)CC1. The maximum Gasteiger partial charge on any atom is 0.260 e. The number of hydrogen-bond acceptors (Lipinski definition) is 7. The van der Waals surface area contributed by atoms with E-state index >= 15 is 0 Å². The van der Waals surface area contributed by atoms with E-state index in [0.29, 0.717) is 32.0 Å². The lowest BCUT2D eigenvalue weighted by molar-refractivity contribution is -0.133. The Bertz CT molecular complexity index is 943. The maximum absolute atomic E-state index is 13.6. The summed E-state index contributed by atoms with van der Waals surface area (Å²) in [7, 11) is 0. The number of carbonyl (C=O) groups is 1. The molecular formula is C18H18FN7O2. The molecule has 10 heteroatoms. The normalized spacial score (nSPS) is 14.2. The van der Waals surface area contributed by atoms with Gasteiger partial charge < -0.3 is 14.5 Å². The van der Waals surface area contributed by atoms with Crippen LogP contribution in [-0.2, 0) is 4.79 Å². The highest BCUT2D eigenvalue weighted by molar-refractivity contribution is 5.78. The van der Waals surface area contributed by atoms with Crippen molar-refractivity contribution in [1.82, 2.24) is 29.6 Å². The zero-order chi connectivity index (χ0) is 19.3. The van der Waals surface area contributed by atoms with Crippen molar-refractivity contribution in [2.75, 3.05) is 37.7 Å². The Balaban J connectivity index is 1.33. The first-order valence-corrected chi connectivity index (χ1v) is 8.78. The Morgan fingerprint density at radius 3 is 2.61 bits per heavy atom. The number of halogens is 1. The van der Waals surface area contributed by atoms with Crippen molar-refractivity contribution in [3.8, 4) is 11.6 Å². The summed E-state index contributed by atoms with van der Waals surface area (Å²) in [6.45, 7) is 2.12. The smallest absolute Gasteiger partial charge is 0.260 e. The second-order valence-electron chi connectivity index (χ2n) is 6.16. The molecule has 0 spiro atoms. The number of rotatable bonds is 5. The number of aromatic nitrogens is 5. The number of amides is 1. The summed E-state index contributed by atoms with van der Waals surface area (Å²) in [5.74, 6) is 0.812. The van der Waals surface area contributed by atoms with Crippen LogP contribution in [0.3, 0.4) is 0 Å².